The van der Waals surface area contributed by atoms with E-state index in [1.165, 1.54) is 17.0 Å². The van der Waals surface area contributed by atoms with E-state index >= 15 is 0 Å². The summed E-state index contributed by atoms with van der Waals surface area (Å²) >= 11 is 5.74. The lowest BCUT2D eigenvalue weighted by Gasteiger charge is -2.28. The highest BCUT2D eigenvalue weighted by atomic mass is 35.5. The predicted molar refractivity (Wildman–Crippen MR) is 117 cm³/mol. The number of ether oxygens (including phenoxy) is 1. The van der Waals surface area contributed by atoms with E-state index in [1.54, 1.807) is 0 Å². The van der Waals surface area contributed by atoms with Crippen LogP contribution in [0, 0.1) is 23.6 Å². The molecule has 0 bridgehead atoms. The monoisotopic (exact) mass is 479 g/mol. The number of fused-ring (bicyclic) bond motifs is 1. The zero-order valence-corrected chi connectivity index (χ0v) is 18.9. The topological polar surface area (TPSA) is 105 Å². The van der Waals surface area contributed by atoms with E-state index in [4.69, 9.17) is 16.3 Å². The molecule has 0 radical (unpaired) electrons. The van der Waals surface area contributed by atoms with Crippen molar-refractivity contribution in [1.82, 2.24) is 15.5 Å². The molecule has 2 saturated heterocycles. The predicted octanol–water partition coefficient (Wildman–Crippen LogP) is 1.69. The fourth-order valence-electron chi connectivity index (χ4n) is 5.31. The first-order chi connectivity index (χ1) is 15.9. The molecule has 0 spiro atoms. The maximum absolute atomic E-state index is 14.0. The number of hydrogen-bond donors (Lipinski definition) is 2. The van der Waals surface area contributed by atoms with Gasteiger partial charge in [0.25, 0.3) is 5.91 Å². The third kappa shape index (κ3) is 5.13. The number of hydrogen-bond acceptors (Lipinski definition) is 5. The van der Waals surface area contributed by atoms with E-state index in [2.05, 4.69) is 10.6 Å². The highest BCUT2D eigenvalue weighted by Gasteiger charge is 2.49. The lowest BCUT2D eigenvalue weighted by Crippen LogP contribution is -2.52. The molecule has 0 aromatic heterocycles. The molecule has 1 saturated carbocycles. The van der Waals surface area contributed by atoms with Gasteiger partial charge in [-0.2, -0.15) is 0 Å². The normalized spacial score (nSPS) is 27.1. The standard InChI is InChI=1S/C23H27ClFN3O5/c24-15-4-5-19(18(25)9-15)33-12-20(30)28-10-14-2-1-3-17(14)21(28)23(32)27-16(11-29)8-13-6-7-26-22(13)31/h4-5,9,11,13-14,16-17,21H,1-3,6-8,10,12H2,(H,26,31)(H,27,32)/t13-,14-,16-,17+,21+/m0/s1. The molecule has 178 valence electrons. The summed E-state index contributed by atoms with van der Waals surface area (Å²) in [5.74, 6) is -1.81. The lowest BCUT2D eigenvalue weighted by atomic mass is 9.92. The number of carbonyl (C=O) groups excluding carboxylic acids is 4. The largest absolute Gasteiger partial charge is 0.481 e. The van der Waals surface area contributed by atoms with Gasteiger partial charge in [-0.05, 0) is 55.7 Å². The van der Waals surface area contributed by atoms with Crippen molar-refractivity contribution in [3.8, 4) is 5.75 Å². The first-order valence-electron chi connectivity index (χ1n) is 11.3. The summed E-state index contributed by atoms with van der Waals surface area (Å²) in [6.07, 6.45) is 4.21. The third-order valence-corrected chi connectivity index (χ3v) is 7.15. The number of amides is 3. The van der Waals surface area contributed by atoms with E-state index in [0.29, 0.717) is 25.8 Å². The molecule has 1 aromatic rings. The van der Waals surface area contributed by atoms with Gasteiger partial charge in [-0.3, -0.25) is 14.4 Å². The van der Waals surface area contributed by atoms with E-state index in [9.17, 15) is 23.6 Å². The van der Waals surface area contributed by atoms with Crippen molar-refractivity contribution in [2.45, 2.75) is 44.2 Å². The second-order valence-corrected chi connectivity index (χ2v) is 9.41. The molecule has 1 aliphatic carbocycles. The summed E-state index contributed by atoms with van der Waals surface area (Å²) < 4.78 is 19.3. The lowest BCUT2D eigenvalue weighted by molar-refractivity contribution is -0.141. The van der Waals surface area contributed by atoms with Crippen LogP contribution in [-0.2, 0) is 19.2 Å². The van der Waals surface area contributed by atoms with Crippen LogP contribution in [0.2, 0.25) is 5.02 Å². The van der Waals surface area contributed by atoms with Gasteiger partial charge in [0.1, 0.15) is 12.3 Å². The molecule has 3 amide bonds. The van der Waals surface area contributed by atoms with Gasteiger partial charge in [-0.15, -0.1) is 0 Å². The Kier molecular flexibility index (Phi) is 7.17. The van der Waals surface area contributed by atoms with Gasteiger partial charge in [-0.1, -0.05) is 18.0 Å². The van der Waals surface area contributed by atoms with Crippen LogP contribution in [0.15, 0.2) is 18.2 Å². The van der Waals surface area contributed by atoms with Crippen LogP contribution in [0.3, 0.4) is 0 Å². The average molecular weight is 480 g/mol. The maximum Gasteiger partial charge on any atom is 0.261 e. The maximum atomic E-state index is 14.0. The molecule has 2 heterocycles. The smallest absolute Gasteiger partial charge is 0.261 e. The van der Waals surface area contributed by atoms with E-state index < -0.39 is 36.3 Å². The fourth-order valence-corrected chi connectivity index (χ4v) is 5.46. The number of rotatable bonds is 8. The van der Waals surface area contributed by atoms with Gasteiger partial charge in [-0.25, -0.2) is 4.39 Å². The highest BCUT2D eigenvalue weighted by molar-refractivity contribution is 6.30. The summed E-state index contributed by atoms with van der Waals surface area (Å²) in [7, 11) is 0. The quantitative estimate of drug-likeness (QED) is 0.552. The Morgan fingerprint density at radius 2 is 2.15 bits per heavy atom. The Bertz CT molecular complexity index is 945. The molecule has 10 heteroatoms. The minimum absolute atomic E-state index is 0.00305. The Hall–Kier alpha value is -2.68. The molecule has 3 aliphatic rings. The highest BCUT2D eigenvalue weighted by Crippen LogP contribution is 2.42. The number of halogens is 2. The van der Waals surface area contributed by atoms with Crippen molar-refractivity contribution < 1.29 is 28.3 Å². The Labute approximate surface area is 196 Å². The molecule has 4 rings (SSSR count). The van der Waals surface area contributed by atoms with Crippen LogP contribution >= 0.6 is 11.6 Å². The van der Waals surface area contributed by atoms with Crippen molar-refractivity contribution in [2.24, 2.45) is 17.8 Å². The van der Waals surface area contributed by atoms with E-state index in [-0.39, 0.29) is 40.9 Å². The summed E-state index contributed by atoms with van der Waals surface area (Å²) in [4.78, 5) is 51.1. The van der Waals surface area contributed by atoms with Gasteiger partial charge < -0.3 is 25.1 Å². The van der Waals surface area contributed by atoms with E-state index in [0.717, 1.165) is 25.3 Å². The number of benzene rings is 1. The Balaban J connectivity index is 1.42. The second kappa shape index (κ2) is 10.1. The molecule has 33 heavy (non-hydrogen) atoms. The molecule has 2 N–H and O–H groups in total. The molecule has 2 aliphatic heterocycles. The average Bonchev–Trinajstić information content (AvgIpc) is 3.48. The Morgan fingerprint density at radius 3 is 2.85 bits per heavy atom. The summed E-state index contributed by atoms with van der Waals surface area (Å²) in [6, 6.07) is 2.39. The summed E-state index contributed by atoms with van der Waals surface area (Å²) in [6.45, 7) is 0.567. The van der Waals surface area contributed by atoms with Gasteiger partial charge in [0.15, 0.2) is 18.2 Å². The van der Waals surface area contributed by atoms with Crippen LogP contribution in [0.5, 0.6) is 5.75 Å². The minimum atomic E-state index is -0.803. The first-order valence-corrected chi connectivity index (χ1v) is 11.7. The number of carbonyl (C=O) groups is 4. The van der Waals surface area contributed by atoms with Crippen molar-refractivity contribution >= 4 is 35.6 Å². The number of nitrogens with one attached hydrogen (secondary N) is 2. The van der Waals surface area contributed by atoms with Crippen LogP contribution in [0.1, 0.15) is 32.1 Å². The molecular formula is C23H27ClFN3O5. The zero-order chi connectivity index (χ0) is 23.5. The van der Waals surface area contributed by atoms with E-state index in [1.807, 2.05) is 0 Å². The zero-order valence-electron chi connectivity index (χ0n) is 18.1. The SMILES string of the molecule is O=C[C@H](C[C@@H]1CCNC1=O)NC(=O)[C@H]1[C@@H]2CCC[C@H]2CN1C(=O)COc1ccc(Cl)cc1F. The molecule has 8 nitrogen and oxygen atoms in total. The van der Waals surface area contributed by atoms with Crippen molar-refractivity contribution in [2.75, 3.05) is 19.7 Å². The van der Waals surface area contributed by atoms with Crippen LogP contribution in [-0.4, -0.2) is 60.7 Å². The molecule has 1 aromatic carbocycles. The van der Waals surface area contributed by atoms with Gasteiger partial charge in [0.05, 0.1) is 6.04 Å². The third-order valence-electron chi connectivity index (χ3n) is 6.92. The van der Waals surface area contributed by atoms with Gasteiger partial charge in [0, 0.05) is 24.0 Å². The van der Waals surface area contributed by atoms with Crippen LogP contribution in [0.25, 0.3) is 0 Å². The number of likely N-dealkylation sites (tertiary alicyclic amines) is 1. The first kappa shape index (κ1) is 23.5. The summed E-state index contributed by atoms with van der Waals surface area (Å²) in [5.41, 5.74) is 0. The second-order valence-electron chi connectivity index (χ2n) is 8.97. The molecule has 3 fully saturated rings. The Morgan fingerprint density at radius 1 is 1.33 bits per heavy atom. The van der Waals surface area contributed by atoms with Gasteiger partial charge in [0.2, 0.25) is 11.8 Å². The fraction of sp³-hybridized carbons (Fsp3) is 0.565. The molecule has 0 unspecified atom stereocenters. The van der Waals surface area contributed by atoms with Crippen molar-refractivity contribution in [1.29, 1.82) is 0 Å². The number of aldehydes is 1. The molecule has 5 atom stereocenters. The van der Waals surface area contributed by atoms with Crippen molar-refractivity contribution in [3.63, 3.8) is 0 Å². The summed E-state index contributed by atoms with van der Waals surface area (Å²) in [5, 5.41) is 5.69. The number of nitrogens with zero attached hydrogens (tertiary/aromatic N) is 1. The van der Waals surface area contributed by atoms with Crippen LogP contribution in [0.4, 0.5) is 4.39 Å². The van der Waals surface area contributed by atoms with Crippen LogP contribution < -0.4 is 15.4 Å². The van der Waals surface area contributed by atoms with Gasteiger partial charge >= 0.3 is 0 Å². The van der Waals surface area contributed by atoms with Crippen molar-refractivity contribution in [3.05, 3.63) is 29.0 Å². The minimum Gasteiger partial charge on any atom is -0.481 e. The molecular weight excluding hydrogens is 453 g/mol.